The summed E-state index contributed by atoms with van der Waals surface area (Å²) in [6.45, 7) is 0. The summed E-state index contributed by atoms with van der Waals surface area (Å²) in [7, 11) is -2.50. The third-order valence-electron chi connectivity index (χ3n) is 2.59. The van der Waals surface area contributed by atoms with E-state index in [0.29, 0.717) is 11.4 Å². The minimum atomic E-state index is -3.91. The highest BCUT2D eigenvalue weighted by atomic mass is 32.2. The normalized spacial score (nSPS) is 11.1. The van der Waals surface area contributed by atoms with Crippen molar-refractivity contribution in [3.05, 3.63) is 48.3 Å². The number of ether oxygens (including phenoxy) is 1. The van der Waals surface area contributed by atoms with E-state index >= 15 is 0 Å². The lowest BCUT2D eigenvalue weighted by Gasteiger charge is -2.10. The number of hydrogen-bond donors (Lipinski definition) is 2. The van der Waals surface area contributed by atoms with Gasteiger partial charge in [0.05, 0.1) is 17.7 Å². The van der Waals surface area contributed by atoms with E-state index in [1.54, 1.807) is 6.07 Å². The number of hydrogen-bond acceptors (Lipinski definition) is 4. The Morgan fingerprint density at radius 3 is 2.60 bits per heavy atom. The Labute approximate surface area is 116 Å². The van der Waals surface area contributed by atoms with Crippen LogP contribution in [0.15, 0.2) is 47.4 Å². The summed E-state index contributed by atoms with van der Waals surface area (Å²) in [4.78, 5) is -0.0419. The Bertz CT molecular complexity index is 732. The quantitative estimate of drug-likeness (QED) is 0.848. The van der Waals surface area contributed by atoms with Crippen molar-refractivity contribution in [1.29, 1.82) is 0 Å². The van der Waals surface area contributed by atoms with Crippen LogP contribution in [0.25, 0.3) is 0 Å². The third-order valence-corrected chi connectivity index (χ3v) is 3.95. The van der Waals surface area contributed by atoms with Gasteiger partial charge in [-0.25, -0.2) is 12.8 Å². The van der Waals surface area contributed by atoms with Gasteiger partial charge < -0.3 is 10.5 Å². The molecular formula is C13H13FN2O3S. The minimum absolute atomic E-state index is 0.0419. The lowest BCUT2D eigenvalue weighted by atomic mass is 10.3. The molecule has 0 saturated heterocycles. The minimum Gasteiger partial charge on any atom is -0.497 e. The molecule has 0 aliphatic heterocycles. The second-order valence-corrected chi connectivity index (χ2v) is 5.71. The van der Waals surface area contributed by atoms with E-state index in [9.17, 15) is 12.8 Å². The number of nitrogens with one attached hydrogen (secondary N) is 1. The van der Waals surface area contributed by atoms with Crippen molar-refractivity contribution >= 4 is 21.4 Å². The zero-order valence-corrected chi connectivity index (χ0v) is 11.4. The van der Waals surface area contributed by atoms with Gasteiger partial charge in [-0.2, -0.15) is 0 Å². The highest BCUT2D eigenvalue weighted by molar-refractivity contribution is 7.92. The van der Waals surface area contributed by atoms with Crippen LogP contribution in [0.1, 0.15) is 0 Å². The number of sulfonamides is 1. The van der Waals surface area contributed by atoms with Crippen molar-refractivity contribution < 1.29 is 17.5 Å². The van der Waals surface area contributed by atoms with E-state index in [1.165, 1.54) is 37.4 Å². The molecule has 0 aliphatic rings. The summed E-state index contributed by atoms with van der Waals surface area (Å²) in [5.74, 6) is -0.352. The predicted octanol–water partition coefficient (Wildman–Crippen LogP) is 2.22. The molecule has 0 atom stereocenters. The zero-order chi connectivity index (χ0) is 14.8. The fraction of sp³-hybridized carbons (Fsp3) is 0.0769. The molecule has 0 amide bonds. The van der Waals surface area contributed by atoms with Gasteiger partial charge in [-0.1, -0.05) is 6.07 Å². The van der Waals surface area contributed by atoms with Crippen LogP contribution in [0, 0.1) is 5.82 Å². The molecule has 20 heavy (non-hydrogen) atoms. The Kier molecular flexibility index (Phi) is 3.80. The molecule has 0 spiro atoms. The molecule has 0 aliphatic carbocycles. The van der Waals surface area contributed by atoms with Crippen LogP contribution < -0.4 is 15.2 Å². The van der Waals surface area contributed by atoms with Gasteiger partial charge in [0.1, 0.15) is 11.6 Å². The average Bonchev–Trinajstić information content (AvgIpc) is 2.41. The maximum Gasteiger partial charge on any atom is 0.262 e. The largest absolute Gasteiger partial charge is 0.497 e. The Morgan fingerprint density at radius 1 is 1.20 bits per heavy atom. The lowest BCUT2D eigenvalue weighted by molar-refractivity contribution is 0.414. The molecule has 0 heterocycles. The van der Waals surface area contributed by atoms with E-state index in [1.807, 2.05) is 0 Å². The molecule has 0 aromatic heterocycles. The van der Waals surface area contributed by atoms with Crippen molar-refractivity contribution in [2.24, 2.45) is 0 Å². The van der Waals surface area contributed by atoms with E-state index in [2.05, 4.69) is 4.72 Å². The number of methoxy groups -OCH3 is 1. The molecule has 2 aromatic carbocycles. The number of benzene rings is 2. The summed E-state index contributed by atoms with van der Waals surface area (Å²) >= 11 is 0. The van der Waals surface area contributed by atoms with Gasteiger partial charge in [0, 0.05) is 11.8 Å². The van der Waals surface area contributed by atoms with E-state index < -0.39 is 15.8 Å². The molecule has 106 valence electrons. The molecule has 0 radical (unpaired) electrons. The number of rotatable bonds is 4. The van der Waals surface area contributed by atoms with Crippen LogP contribution in [0.3, 0.4) is 0 Å². The summed E-state index contributed by atoms with van der Waals surface area (Å²) in [5.41, 5.74) is 5.65. The van der Waals surface area contributed by atoms with Gasteiger partial charge in [0.25, 0.3) is 10.0 Å². The maximum absolute atomic E-state index is 13.6. The van der Waals surface area contributed by atoms with Gasteiger partial charge in [0.15, 0.2) is 0 Å². The van der Waals surface area contributed by atoms with Crippen molar-refractivity contribution in [2.45, 2.75) is 4.90 Å². The van der Waals surface area contributed by atoms with Crippen LogP contribution in [-0.2, 0) is 10.0 Å². The van der Waals surface area contributed by atoms with Crippen molar-refractivity contribution in [3.8, 4) is 5.75 Å². The third kappa shape index (κ3) is 3.00. The monoisotopic (exact) mass is 296 g/mol. The molecule has 2 rings (SSSR count). The van der Waals surface area contributed by atoms with Crippen LogP contribution in [0.5, 0.6) is 5.75 Å². The molecule has 0 saturated carbocycles. The lowest BCUT2D eigenvalue weighted by Crippen LogP contribution is -2.14. The Hall–Kier alpha value is -2.28. The Balaban J connectivity index is 2.38. The molecule has 0 unspecified atom stereocenters. The summed E-state index contributed by atoms with van der Waals surface area (Å²) in [6.07, 6.45) is 0. The zero-order valence-electron chi connectivity index (χ0n) is 10.6. The van der Waals surface area contributed by atoms with Gasteiger partial charge in [-0.05, 0) is 30.3 Å². The van der Waals surface area contributed by atoms with Crippen LogP contribution in [-0.4, -0.2) is 15.5 Å². The SMILES string of the molecule is COc1ccc(F)c(NS(=O)(=O)c2cccc(N)c2)c1. The fourth-order valence-electron chi connectivity index (χ4n) is 1.59. The number of nitrogen functional groups attached to an aromatic ring is 1. The summed E-state index contributed by atoms with van der Waals surface area (Å²) in [6, 6.07) is 9.51. The van der Waals surface area contributed by atoms with Gasteiger partial charge in [-0.3, -0.25) is 4.72 Å². The maximum atomic E-state index is 13.6. The molecular weight excluding hydrogens is 283 g/mol. The number of anilines is 2. The van der Waals surface area contributed by atoms with E-state index in [-0.39, 0.29) is 10.6 Å². The smallest absolute Gasteiger partial charge is 0.262 e. The predicted molar refractivity (Wildman–Crippen MR) is 74.6 cm³/mol. The van der Waals surface area contributed by atoms with Gasteiger partial charge in [0.2, 0.25) is 0 Å². The first-order chi connectivity index (χ1) is 9.42. The second-order valence-electron chi connectivity index (χ2n) is 4.02. The van der Waals surface area contributed by atoms with E-state index in [4.69, 9.17) is 10.5 Å². The van der Waals surface area contributed by atoms with Gasteiger partial charge in [-0.15, -0.1) is 0 Å². The highest BCUT2D eigenvalue weighted by Gasteiger charge is 2.17. The second kappa shape index (κ2) is 5.38. The average molecular weight is 296 g/mol. The molecule has 5 nitrogen and oxygen atoms in total. The summed E-state index contributed by atoms with van der Waals surface area (Å²) in [5, 5.41) is 0. The molecule has 7 heteroatoms. The molecule has 0 fully saturated rings. The standard InChI is InChI=1S/C13H13FN2O3S/c1-19-10-5-6-12(14)13(8-10)16-20(17,18)11-4-2-3-9(15)7-11/h2-8,16H,15H2,1H3. The van der Waals surface area contributed by atoms with Gasteiger partial charge >= 0.3 is 0 Å². The highest BCUT2D eigenvalue weighted by Crippen LogP contribution is 2.24. The molecule has 3 N–H and O–H groups in total. The van der Waals surface area contributed by atoms with Crippen molar-refractivity contribution in [3.63, 3.8) is 0 Å². The number of halogens is 1. The first-order valence-corrected chi connectivity index (χ1v) is 7.12. The number of nitrogens with two attached hydrogens (primary N) is 1. The van der Waals surface area contributed by atoms with Crippen LogP contribution in [0.4, 0.5) is 15.8 Å². The molecule has 0 bridgehead atoms. The first kappa shape index (κ1) is 14.1. The van der Waals surface area contributed by atoms with Crippen molar-refractivity contribution in [2.75, 3.05) is 17.6 Å². The van der Waals surface area contributed by atoms with Crippen LogP contribution >= 0.6 is 0 Å². The Morgan fingerprint density at radius 2 is 1.95 bits per heavy atom. The fourth-order valence-corrected chi connectivity index (χ4v) is 2.71. The molecule has 2 aromatic rings. The summed E-state index contributed by atoms with van der Waals surface area (Å²) < 4.78 is 45.0. The topological polar surface area (TPSA) is 81.4 Å². The first-order valence-electron chi connectivity index (χ1n) is 5.64. The van der Waals surface area contributed by atoms with Crippen molar-refractivity contribution in [1.82, 2.24) is 0 Å². The van der Waals surface area contributed by atoms with E-state index in [0.717, 1.165) is 6.07 Å². The van der Waals surface area contributed by atoms with Crippen LogP contribution in [0.2, 0.25) is 0 Å².